The van der Waals surface area contributed by atoms with E-state index in [1.54, 1.807) is 0 Å². The van der Waals surface area contributed by atoms with Crippen molar-refractivity contribution < 1.29 is 0 Å². The van der Waals surface area contributed by atoms with Crippen LogP contribution in [0.1, 0.15) is 0 Å². The van der Waals surface area contributed by atoms with E-state index in [-0.39, 0.29) is 0 Å². The smallest absolute Gasteiger partial charge is 0.237 e. The Bertz CT molecular complexity index is 2100. The molecule has 0 saturated carbocycles. The van der Waals surface area contributed by atoms with Gasteiger partial charge in [0.2, 0.25) is 5.95 Å². The minimum Gasteiger partial charge on any atom is -0.301 e. The zero-order chi connectivity index (χ0) is 26.5. The number of rotatable bonds is 4. The molecule has 0 unspecified atom stereocenters. The van der Waals surface area contributed by atoms with Crippen molar-refractivity contribution in [1.29, 1.82) is 0 Å². The lowest BCUT2D eigenvalue weighted by molar-refractivity contribution is 0.988. The molecule has 0 N–H and O–H groups in total. The summed E-state index contributed by atoms with van der Waals surface area (Å²) in [5, 5.41) is 3.38. The van der Waals surface area contributed by atoms with Crippen molar-refractivity contribution in [3.05, 3.63) is 146 Å². The molecule has 3 heterocycles. The van der Waals surface area contributed by atoms with Gasteiger partial charge in [-0.15, -0.1) is 0 Å². The van der Waals surface area contributed by atoms with E-state index in [9.17, 15) is 0 Å². The summed E-state index contributed by atoms with van der Waals surface area (Å²) in [5.41, 5.74) is 8.40. The molecule has 0 amide bonds. The van der Waals surface area contributed by atoms with Gasteiger partial charge in [0.1, 0.15) is 0 Å². The highest BCUT2D eigenvalue weighted by Gasteiger charge is 2.20. The van der Waals surface area contributed by atoms with Gasteiger partial charge in [0.05, 0.1) is 16.7 Å². The fourth-order valence-electron chi connectivity index (χ4n) is 5.80. The molecular formula is C36H24N4. The molecule has 8 aromatic rings. The third kappa shape index (κ3) is 3.47. The summed E-state index contributed by atoms with van der Waals surface area (Å²) in [4.78, 5) is 10.6. The van der Waals surface area contributed by atoms with Crippen LogP contribution in [0.5, 0.6) is 0 Å². The predicted molar refractivity (Wildman–Crippen MR) is 164 cm³/mol. The van der Waals surface area contributed by atoms with Crippen molar-refractivity contribution >= 4 is 32.8 Å². The van der Waals surface area contributed by atoms with Crippen LogP contribution in [0, 0.1) is 0 Å². The lowest BCUT2D eigenvalue weighted by Gasteiger charge is -2.14. The maximum Gasteiger partial charge on any atom is 0.237 e. The van der Waals surface area contributed by atoms with Crippen LogP contribution >= 0.6 is 0 Å². The summed E-state index contributed by atoms with van der Waals surface area (Å²) in [7, 11) is 0. The highest BCUT2D eigenvalue weighted by Crippen LogP contribution is 2.37. The van der Waals surface area contributed by atoms with E-state index in [1.165, 1.54) is 10.8 Å². The van der Waals surface area contributed by atoms with Crippen molar-refractivity contribution in [2.45, 2.75) is 0 Å². The standard InChI is InChI=1S/C36H24N4/c1-3-13-25(14-4-1)27-17-7-8-20-30(27)34-31-23-24-39(26-15-5-2-6-16-26)35(31)38-36(37-34)40-32-21-11-9-18-28(32)29-19-10-12-22-33(29)40/h1-24H. The topological polar surface area (TPSA) is 35.6 Å². The van der Waals surface area contributed by atoms with Crippen LogP contribution in [0.3, 0.4) is 0 Å². The molecule has 0 fully saturated rings. The van der Waals surface area contributed by atoms with Crippen molar-refractivity contribution in [3.63, 3.8) is 0 Å². The quantitative estimate of drug-likeness (QED) is 0.236. The first-order valence-corrected chi connectivity index (χ1v) is 13.4. The van der Waals surface area contributed by atoms with Crippen LogP contribution in [0.4, 0.5) is 0 Å². The first-order chi connectivity index (χ1) is 19.9. The molecule has 3 aromatic heterocycles. The Kier molecular flexibility index (Phi) is 5.10. The van der Waals surface area contributed by atoms with Gasteiger partial charge in [0, 0.05) is 33.6 Å². The van der Waals surface area contributed by atoms with Gasteiger partial charge in [-0.3, -0.25) is 4.57 Å². The van der Waals surface area contributed by atoms with Crippen molar-refractivity contribution in [1.82, 2.24) is 19.1 Å². The van der Waals surface area contributed by atoms with Crippen LogP contribution in [0.2, 0.25) is 0 Å². The molecule has 188 valence electrons. The van der Waals surface area contributed by atoms with Gasteiger partial charge in [-0.2, -0.15) is 4.98 Å². The molecule has 0 saturated heterocycles. The fourth-order valence-corrected chi connectivity index (χ4v) is 5.80. The van der Waals surface area contributed by atoms with E-state index in [0.29, 0.717) is 5.95 Å². The molecule has 4 nitrogen and oxygen atoms in total. The zero-order valence-electron chi connectivity index (χ0n) is 21.6. The predicted octanol–water partition coefficient (Wildman–Crippen LogP) is 8.85. The monoisotopic (exact) mass is 512 g/mol. The lowest BCUT2D eigenvalue weighted by Crippen LogP contribution is -2.05. The molecule has 0 bridgehead atoms. The zero-order valence-corrected chi connectivity index (χ0v) is 21.6. The third-order valence-electron chi connectivity index (χ3n) is 7.61. The molecule has 0 aliphatic heterocycles. The average Bonchev–Trinajstić information content (AvgIpc) is 3.61. The molecule has 5 aromatic carbocycles. The summed E-state index contributed by atoms with van der Waals surface area (Å²) in [6.45, 7) is 0. The second kappa shape index (κ2) is 9.07. The summed E-state index contributed by atoms with van der Waals surface area (Å²) in [5.74, 6) is 0.652. The second-order valence-corrected chi connectivity index (χ2v) is 9.91. The van der Waals surface area contributed by atoms with E-state index >= 15 is 0 Å². The lowest BCUT2D eigenvalue weighted by atomic mass is 9.96. The second-order valence-electron chi connectivity index (χ2n) is 9.91. The highest BCUT2D eigenvalue weighted by molar-refractivity contribution is 6.09. The molecule has 4 heteroatoms. The van der Waals surface area contributed by atoms with E-state index in [0.717, 1.165) is 50.1 Å². The van der Waals surface area contributed by atoms with Gasteiger partial charge >= 0.3 is 0 Å². The Labute approximate surface area is 231 Å². The van der Waals surface area contributed by atoms with Gasteiger partial charge in [-0.1, -0.05) is 109 Å². The maximum absolute atomic E-state index is 5.35. The summed E-state index contributed by atoms with van der Waals surface area (Å²) in [6.07, 6.45) is 2.10. The van der Waals surface area contributed by atoms with Crippen LogP contribution in [0.25, 0.3) is 66.9 Å². The summed E-state index contributed by atoms with van der Waals surface area (Å²) in [6, 6.07) is 48.5. The minimum atomic E-state index is 0.652. The molecule has 8 rings (SSSR count). The molecule has 0 aliphatic rings. The normalized spacial score (nSPS) is 11.5. The summed E-state index contributed by atoms with van der Waals surface area (Å²) < 4.78 is 4.35. The molecular weight excluding hydrogens is 488 g/mol. The van der Waals surface area contributed by atoms with Gasteiger partial charge < -0.3 is 4.57 Å². The van der Waals surface area contributed by atoms with E-state index < -0.39 is 0 Å². The average molecular weight is 513 g/mol. The Morgan fingerprint density at radius 1 is 0.450 bits per heavy atom. The first kappa shape index (κ1) is 22.5. The number of benzene rings is 5. The Morgan fingerprint density at radius 2 is 1.02 bits per heavy atom. The van der Waals surface area contributed by atoms with Crippen LogP contribution in [0.15, 0.2) is 146 Å². The van der Waals surface area contributed by atoms with Crippen molar-refractivity contribution in [3.8, 4) is 34.0 Å². The number of hydrogen-bond acceptors (Lipinski definition) is 2. The fraction of sp³-hybridized carbons (Fsp3) is 0. The Balaban J connectivity index is 1.49. The SMILES string of the molecule is c1ccc(-c2ccccc2-c2nc(-n3c4ccccc4c4ccccc43)nc3c2ccn3-c2ccccc2)cc1. The molecule has 0 spiro atoms. The van der Waals surface area contributed by atoms with Crippen LogP contribution < -0.4 is 0 Å². The first-order valence-electron chi connectivity index (χ1n) is 13.4. The van der Waals surface area contributed by atoms with Gasteiger partial charge in [0.15, 0.2) is 5.65 Å². The minimum absolute atomic E-state index is 0.652. The molecule has 0 atom stereocenters. The van der Waals surface area contributed by atoms with E-state index in [1.807, 2.05) is 6.07 Å². The molecule has 0 aliphatic carbocycles. The van der Waals surface area contributed by atoms with Crippen molar-refractivity contribution in [2.75, 3.05) is 0 Å². The number of hydrogen-bond donors (Lipinski definition) is 0. The Hall–Kier alpha value is -5.48. The van der Waals surface area contributed by atoms with Crippen LogP contribution in [-0.2, 0) is 0 Å². The van der Waals surface area contributed by atoms with Crippen LogP contribution in [-0.4, -0.2) is 19.1 Å². The van der Waals surface area contributed by atoms with Gasteiger partial charge in [0.25, 0.3) is 0 Å². The number of nitrogens with zero attached hydrogens (tertiary/aromatic N) is 4. The third-order valence-corrected chi connectivity index (χ3v) is 7.61. The molecule has 0 radical (unpaired) electrons. The van der Waals surface area contributed by atoms with E-state index in [2.05, 4.69) is 149 Å². The number of para-hydroxylation sites is 3. The Morgan fingerprint density at radius 3 is 1.73 bits per heavy atom. The van der Waals surface area contributed by atoms with E-state index in [4.69, 9.17) is 9.97 Å². The van der Waals surface area contributed by atoms with Gasteiger partial charge in [-0.05, 0) is 41.5 Å². The number of aromatic nitrogens is 4. The maximum atomic E-state index is 5.35. The van der Waals surface area contributed by atoms with Crippen molar-refractivity contribution in [2.24, 2.45) is 0 Å². The highest BCUT2D eigenvalue weighted by atomic mass is 15.2. The largest absolute Gasteiger partial charge is 0.301 e. The number of fused-ring (bicyclic) bond motifs is 4. The molecule has 40 heavy (non-hydrogen) atoms. The van der Waals surface area contributed by atoms with Gasteiger partial charge in [-0.25, -0.2) is 4.98 Å². The summed E-state index contributed by atoms with van der Waals surface area (Å²) >= 11 is 0.